The van der Waals surface area contributed by atoms with Gasteiger partial charge in [-0.2, -0.15) is 0 Å². The molecule has 114 valence electrons. The maximum absolute atomic E-state index is 11.3. The number of aromatic nitrogens is 2. The monoisotopic (exact) mass is 297 g/mol. The number of hydrogen-bond acceptors (Lipinski definition) is 4. The third-order valence-electron chi connectivity index (χ3n) is 4.17. The molecule has 1 aromatic carbocycles. The molecular formula is C17H19N3O2. The van der Waals surface area contributed by atoms with Crippen molar-refractivity contribution in [1.29, 1.82) is 0 Å². The highest BCUT2D eigenvalue weighted by Crippen LogP contribution is 2.26. The van der Waals surface area contributed by atoms with Crippen LogP contribution in [0.25, 0.3) is 0 Å². The number of carboxylic acids is 1. The predicted octanol–water partition coefficient (Wildman–Crippen LogP) is 2.55. The smallest absolute Gasteiger partial charge is 0.336 e. The zero-order valence-corrected chi connectivity index (χ0v) is 12.4. The Kier molecular flexibility index (Phi) is 4.44. The maximum atomic E-state index is 11.3. The average Bonchev–Trinajstić information content (AvgIpc) is 2.56. The summed E-state index contributed by atoms with van der Waals surface area (Å²) in [5.41, 5.74) is 2.34. The SMILES string of the molecule is O=C(O)c1ccccc1CN1CCCC(c2ccncn2)C1. The lowest BCUT2D eigenvalue weighted by Crippen LogP contribution is -2.34. The molecule has 1 fully saturated rings. The number of piperidine rings is 1. The van der Waals surface area contributed by atoms with Gasteiger partial charge in [0, 0.05) is 30.9 Å². The molecule has 5 nitrogen and oxygen atoms in total. The van der Waals surface area contributed by atoms with Crippen molar-refractivity contribution in [3.05, 3.63) is 59.7 Å². The molecule has 1 aromatic heterocycles. The summed E-state index contributed by atoms with van der Waals surface area (Å²) in [7, 11) is 0. The van der Waals surface area contributed by atoms with Gasteiger partial charge in [-0.05, 0) is 37.1 Å². The molecule has 2 heterocycles. The van der Waals surface area contributed by atoms with E-state index in [4.69, 9.17) is 0 Å². The minimum Gasteiger partial charge on any atom is -0.478 e. The second-order valence-electron chi connectivity index (χ2n) is 5.67. The molecule has 0 radical (unpaired) electrons. The Hall–Kier alpha value is -2.27. The highest BCUT2D eigenvalue weighted by Gasteiger charge is 2.23. The van der Waals surface area contributed by atoms with Crippen molar-refractivity contribution in [3.8, 4) is 0 Å². The van der Waals surface area contributed by atoms with Crippen molar-refractivity contribution in [3.63, 3.8) is 0 Å². The first-order valence-corrected chi connectivity index (χ1v) is 7.53. The van der Waals surface area contributed by atoms with Crippen molar-refractivity contribution < 1.29 is 9.90 Å². The number of benzene rings is 1. The molecule has 1 atom stereocenters. The summed E-state index contributed by atoms with van der Waals surface area (Å²) in [6.07, 6.45) is 5.59. The number of aromatic carboxylic acids is 1. The van der Waals surface area contributed by atoms with E-state index in [1.165, 1.54) is 0 Å². The summed E-state index contributed by atoms with van der Waals surface area (Å²) < 4.78 is 0. The predicted molar refractivity (Wildman–Crippen MR) is 82.7 cm³/mol. The van der Waals surface area contributed by atoms with E-state index in [0.717, 1.165) is 37.2 Å². The van der Waals surface area contributed by atoms with Gasteiger partial charge >= 0.3 is 5.97 Å². The number of hydrogen-bond donors (Lipinski definition) is 1. The maximum Gasteiger partial charge on any atom is 0.336 e. The topological polar surface area (TPSA) is 66.3 Å². The third-order valence-corrected chi connectivity index (χ3v) is 4.17. The zero-order chi connectivity index (χ0) is 15.4. The Morgan fingerprint density at radius 3 is 2.95 bits per heavy atom. The van der Waals surface area contributed by atoms with Crippen molar-refractivity contribution in [1.82, 2.24) is 14.9 Å². The zero-order valence-electron chi connectivity index (χ0n) is 12.4. The standard InChI is InChI=1S/C17H19N3O2/c21-17(22)15-6-2-1-4-13(15)10-20-9-3-5-14(11-20)16-7-8-18-12-19-16/h1-2,4,6-8,12,14H,3,5,9-11H2,(H,21,22). The number of likely N-dealkylation sites (tertiary alicyclic amines) is 1. The lowest BCUT2D eigenvalue weighted by atomic mass is 9.94. The Balaban J connectivity index is 1.72. The molecule has 1 N–H and O–H groups in total. The Labute approximate surface area is 129 Å². The normalized spacial score (nSPS) is 19.0. The van der Waals surface area contributed by atoms with Gasteiger partial charge in [-0.3, -0.25) is 4.90 Å². The van der Waals surface area contributed by atoms with Crippen LogP contribution in [0.15, 0.2) is 42.9 Å². The minimum atomic E-state index is -0.861. The van der Waals surface area contributed by atoms with Gasteiger partial charge in [-0.1, -0.05) is 18.2 Å². The van der Waals surface area contributed by atoms with E-state index in [2.05, 4.69) is 14.9 Å². The van der Waals surface area contributed by atoms with Gasteiger partial charge in [-0.15, -0.1) is 0 Å². The van der Waals surface area contributed by atoms with Crippen molar-refractivity contribution in [2.24, 2.45) is 0 Å². The molecule has 1 aliphatic rings. The molecule has 1 unspecified atom stereocenters. The highest BCUT2D eigenvalue weighted by molar-refractivity contribution is 5.89. The quantitative estimate of drug-likeness (QED) is 0.939. The number of carbonyl (C=O) groups is 1. The highest BCUT2D eigenvalue weighted by atomic mass is 16.4. The number of nitrogens with zero attached hydrogens (tertiary/aromatic N) is 3. The third kappa shape index (κ3) is 3.31. The summed E-state index contributed by atoms with van der Waals surface area (Å²) in [6, 6.07) is 9.21. The van der Waals surface area contributed by atoms with Crippen LogP contribution in [0.5, 0.6) is 0 Å². The van der Waals surface area contributed by atoms with E-state index < -0.39 is 5.97 Å². The molecule has 1 aliphatic heterocycles. The molecule has 0 amide bonds. The first-order valence-electron chi connectivity index (χ1n) is 7.53. The number of carboxylic acid groups (broad SMARTS) is 1. The van der Waals surface area contributed by atoms with Crippen LogP contribution in [0.2, 0.25) is 0 Å². The molecule has 22 heavy (non-hydrogen) atoms. The molecule has 0 spiro atoms. The fourth-order valence-corrected chi connectivity index (χ4v) is 3.09. The van der Waals surface area contributed by atoms with Crippen molar-refractivity contribution >= 4 is 5.97 Å². The second-order valence-corrected chi connectivity index (χ2v) is 5.67. The van der Waals surface area contributed by atoms with Gasteiger partial charge in [0.25, 0.3) is 0 Å². The summed E-state index contributed by atoms with van der Waals surface area (Å²) >= 11 is 0. The molecule has 3 rings (SSSR count). The van der Waals surface area contributed by atoms with Crippen LogP contribution in [0.1, 0.15) is 40.4 Å². The Morgan fingerprint density at radius 2 is 2.18 bits per heavy atom. The summed E-state index contributed by atoms with van der Waals surface area (Å²) in [5, 5.41) is 9.29. The van der Waals surface area contributed by atoms with Gasteiger partial charge in [0.05, 0.1) is 5.56 Å². The van der Waals surface area contributed by atoms with Crippen LogP contribution in [0, 0.1) is 0 Å². The van der Waals surface area contributed by atoms with Crippen LogP contribution in [0.4, 0.5) is 0 Å². The van der Waals surface area contributed by atoms with Gasteiger partial charge in [-0.25, -0.2) is 14.8 Å². The van der Waals surface area contributed by atoms with E-state index in [1.807, 2.05) is 18.2 Å². The molecule has 0 saturated carbocycles. The van der Waals surface area contributed by atoms with Gasteiger partial charge in [0.1, 0.15) is 6.33 Å². The van der Waals surface area contributed by atoms with Crippen LogP contribution in [0.3, 0.4) is 0 Å². The van der Waals surface area contributed by atoms with Crippen LogP contribution >= 0.6 is 0 Å². The first kappa shape index (κ1) is 14.7. The van der Waals surface area contributed by atoms with Crippen LogP contribution < -0.4 is 0 Å². The van der Waals surface area contributed by atoms with E-state index in [1.54, 1.807) is 24.7 Å². The fourth-order valence-electron chi connectivity index (χ4n) is 3.09. The molecule has 0 bridgehead atoms. The van der Waals surface area contributed by atoms with E-state index in [9.17, 15) is 9.90 Å². The van der Waals surface area contributed by atoms with Crippen LogP contribution in [-0.2, 0) is 6.54 Å². The second kappa shape index (κ2) is 6.66. The Bertz CT molecular complexity index is 645. The number of rotatable bonds is 4. The lowest BCUT2D eigenvalue weighted by molar-refractivity contribution is 0.0694. The van der Waals surface area contributed by atoms with E-state index in [-0.39, 0.29) is 0 Å². The Morgan fingerprint density at radius 1 is 1.32 bits per heavy atom. The molecule has 5 heteroatoms. The van der Waals surface area contributed by atoms with E-state index in [0.29, 0.717) is 18.0 Å². The summed E-state index contributed by atoms with van der Waals surface area (Å²) in [4.78, 5) is 22.0. The van der Waals surface area contributed by atoms with E-state index >= 15 is 0 Å². The summed E-state index contributed by atoms with van der Waals surface area (Å²) in [5.74, 6) is -0.464. The van der Waals surface area contributed by atoms with Gasteiger partial charge in [0.2, 0.25) is 0 Å². The van der Waals surface area contributed by atoms with Crippen molar-refractivity contribution in [2.75, 3.05) is 13.1 Å². The molecule has 2 aromatic rings. The first-order chi connectivity index (χ1) is 10.7. The molecule has 0 aliphatic carbocycles. The van der Waals surface area contributed by atoms with Crippen LogP contribution in [-0.4, -0.2) is 39.0 Å². The summed E-state index contributed by atoms with van der Waals surface area (Å²) in [6.45, 7) is 2.57. The molecule has 1 saturated heterocycles. The lowest BCUT2D eigenvalue weighted by Gasteiger charge is -2.32. The fraction of sp³-hybridized carbons (Fsp3) is 0.353. The van der Waals surface area contributed by atoms with Gasteiger partial charge in [0.15, 0.2) is 0 Å². The largest absolute Gasteiger partial charge is 0.478 e. The van der Waals surface area contributed by atoms with Gasteiger partial charge < -0.3 is 5.11 Å². The molecular weight excluding hydrogens is 278 g/mol. The van der Waals surface area contributed by atoms with Crippen molar-refractivity contribution in [2.45, 2.75) is 25.3 Å². The average molecular weight is 297 g/mol. The minimum absolute atomic E-state index is 0.395.